The van der Waals surface area contributed by atoms with Crippen molar-refractivity contribution < 1.29 is 14.3 Å². The van der Waals surface area contributed by atoms with E-state index in [0.717, 1.165) is 17.5 Å². The van der Waals surface area contributed by atoms with Gasteiger partial charge in [-0.05, 0) is 38.3 Å². The summed E-state index contributed by atoms with van der Waals surface area (Å²) in [5, 5.41) is 2.76. The second-order valence-electron chi connectivity index (χ2n) is 5.82. The van der Waals surface area contributed by atoms with Gasteiger partial charge in [-0.3, -0.25) is 4.79 Å². The number of allylic oxidation sites excluding steroid dienone is 1. The second kappa shape index (κ2) is 6.77. The molecule has 118 valence electrons. The summed E-state index contributed by atoms with van der Waals surface area (Å²) >= 11 is 0. The van der Waals surface area contributed by atoms with Crippen molar-refractivity contribution in [3.8, 4) is 0 Å². The predicted octanol–water partition coefficient (Wildman–Crippen LogP) is 3.21. The van der Waals surface area contributed by atoms with Gasteiger partial charge in [0.1, 0.15) is 0 Å². The predicted molar refractivity (Wildman–Crippen MR) is 85.2 cm³/mol. The van der Waals surface area contributed by atoms with Gasteiger partial charge in [-0.25, -0.2) is 4.79 Å². The van der Waals surface area contributed by atoms with Gasteiger partial charge in [0.25, 0.3) is 0 Å². The van der Waals surface area contributed by atoms with E-state index in [1.165, 1.54) is 0 Å². The van der Waals surface area contributed by atoms with E-state index < -0.39 is 0 Å². The molecular formula is C18H23NO3. The van der Waals surface area contributed by atoms with E-state index in [2.05, 4.69) is 5.32 Å². The summed E-state index contributed by atoms with van der Waals surface area (Å²) < 4.78 is 5.49. The number of aryl methyl sites for hydroxylation is 1. The lowest BCUT2D eigenvalue weighted by molar-refractivity contribution is -0.144. The van der Waals surface area contributed by atoms with Crippen LogP contribution in [0.2, 0.25) is 0 Å². The molecular weight excluding hydrogens is 278 g/mol. The van der Waals surface area contributed by atoms with E-state index in [9.17, 15) is 9.59 Å². The Morgan fingerprint density at radius 1 is 1.36 bits per heavy atom. The molecule has 0 radical (unpaired) electrons. The first-order valence-corrected chi connectivity index (χ1v) is 7.71. The van der Waals surface area contributed by atoms with Crippen molar-refractivity contribution in [2.75, 3.05) is 0 Å². The topological polar surface area (TPSA) is 55.4 Å². The van der Waals surface area contributed by atoms with Gasteiger partial charge in [0.15, 0.2) is 0 Å². The Bertz CT molecular complexity index is 619. The number of rotatable bonds is 4. The average molecular weight is 301 g/mol. The molecule has 4 nitrogen and oxygen atoms in total. The molecule has 22 heavy (non-hydrogen) atoms. The molecule has 1 aliphatic heterocycles. The maximum absolute atomic E-state index is 12.5. The van der Waals surface area contributed by atoms with Gasteiger partial charge in [-0.1, -0.05) is 31.2 Å². The highest BCUT2D eigenvalue weighted by atomic mass is 16.5. The lowest BCUT2D eigenvalue weighted by Crippen LogP contribution is -2.35. The van der Waals surface area contributed by atoms with Crippen molar-refractivity contribution in [3.05, 3.63) is 46.7 Å². The Morgan fingerprint density at radius 2 is 2.05 bits per heavy atom. The van der Waals surface area contributed by atoms with Gasteiger partial charge >= 0.3 is 5.97 Å². The summed E-state index contributed by atoms with van der Waals surface area (Å²) in [6.45, 7) is 7.60. The zero-order valence-electron chi connectivity index (χ0n) is 13.6. The molecule has 2 rings (SSSR count). The third kappa shape index (κ3) is 3.38. The molecule has 0 bridgehead atoms. The maximum atomic E-state index is 12.5. The molecule has 1 aromatic carbocycles. The van der Waals surface area contributed by atoms with Crippen LogP contribution in [0.25, 0.3) is 0 Å². The van der Waals surface area contributed by atoms with Gasteiger partial charge in [0, 0.05) is 18.0 Å². The third-order valence-electron chi connectivity index (χ3n) is 4.14. The van der Waals surface area contributed by atoms with E-state index in [-0.39, 0.29) is 30.3 Å². The molecule has 0 fully saturated rings. The number of hydrogen-bond acceptors (Lipinski definition) is 3. The van der Waals surface area contributed by atoms with Gasteiger partial charge in [0.2, 0.25) is 5.91 Å². The molecule has 4 heteroatoms. The Kier molecular flexibility index (Phi) is 5.01. The van der Waals surface area contributed by atoms with Crippen LogP contribution in [0, 0.1) is 6.92 Å². The van der Waals surface area contributed by atoms with E-state index in [0.29, 0.717) is 11.3 Å². The standard InChI is InChI=1S/C18H23NO3/c1-5-12(3)22-18(21)17-13(4)19-16(20)10-15(17)14-9-7-6-8-11(14)2/h6-9,12,15H,5,10H2,1-4H3,(H,19,20)/t12-,15-/m1/s1. The van der Waals surface area contributed by atoms with Crippen LogP contribution in [0.4, 0.5) is 0 Å². The molecule has 1 aromatic rings. The van der Waals surface area contributed by atoms with E-state index in [1.54, 1.807) is 6.92 Å². The van der Waals surface area contributed by atoms with Crippen molar-refractivity contribution in [1.82, 2.24) is 5.32 Å². The van der Waals surface area contributed by atoms with Crippen LogP contribution in [0.1, 0.15) is 50.7 Å². The van der Waals surface area contributed by atoms with E-state index in [1.807, 2.05) is 45.0 Å². The van der Waals surface area contributed by atoms with Gasteiger partial charge in [-0.15, -0.1) is 0 Å². The van der Waals surface area contributed by atoms with Crippen LogP contribution in [0.15, 0.2) is 35.5 Å². The summed E-state index contributed by atoms with van der Waals surface area (Å²) in [5.41, 5.74) is 3.24. The molecule has 1 aliphatic rings. The lowest BCUT2D eigenvalue weighted by atomic mass is 9.82. The molecule has 1 heterocycles. The fourth-order valence-corrected chi connectivity index (χ4v) is 2.74. The highest BCUT2D eigenvalue weighted by Crippen LogP contribution is 2.35. The smallest absolute Gasteiger partial charge is 0.336 e. The lowest BCUT2D eigenvalue weighted by Gasteiger charge is -2.28. The van der Waals surface area contributed by atoms with Gasteiger partial charge in [-0.2, -0.15) is 0 Å². The first-order chi connectivity index (χ1) is 10.4. The number of benzene rings is 1. The highest BCUT2D eigenvalue weighted by molar-refractivity contribution is 5.96. The largest absolute Gasteiger partial charge is 0.459 e. The number of esters is 1. The minimum absolute atomic E-state index is 0.0640. The number of amides is 1. The van der Waals surface area contributed by atoms with Crippen molar-refractivity contribution in [1.29, 1.82) is 0 Å². The Hall–Kier alpha value is -2.10. The minimum Gasteiger partial charge on any atom is -0.459 e. The van der Waals surface area contributed by atoms with Crippen LogP contribution in [-0.4, -0.2) is 18.0 Å². The van der Waals surface area contributed by atoms with Crippen LogP contribution in [0.5, 0.6) is 0 Å². The van der Waals surface area contributed by atoms with Crippen molar-refractivity contribution in [2.45, 2.75) is 52.6 Å². The molecule has 1 amide bonds. The molecule has 0 saturated carbocycles. The monoisotopic (exact) mass is 301 g/mol. The number of ether oxygens (including phenoxy) is 1. The molecule has 0 unspecified atom stereocenters. The van der Waals surface area contributed by atoms with Crippen molar-refractivity contribution >= 4 is 11.9 Å². The van der Waals surface area contributed by atoms with E-state index in [4.69, 9.17) is 4.74 Å². The highest BCUT2D eigenvalue weighted by Gasteiger charge is 2.33. The van der Waals surface area contributed by atoms with E-state index >= 15 is 0 Å². The molecule has 2 atom stereocenters. The number of nitrogens with one attached hydrogen (secondary N) is 1. The number of carbonyl (C=O) groups excluding carboxylic acids is 2. The summed E-state index contributed by atoms with van der Waals surface area (Å²) in [6.07, 6.45) is 0.898. The second-order valence-corrected chi connectivity index (χ2v) is 5.82. The normalized spacial score (nSPS) is 19.6. The summed E-state index contributed by atoms with van der Waals surface area (Å²) in [4.78, 5) is 24.5. The van der Waals surface area contributed by atoms with Gasteiger partial charge < -0.3 is 10.1 Å². The SMILES string of the molecule is CC[C@@H](C)OC(=O)C1=C(C)NC(=O)C[C@@H]1c1ccccc1C. The van der Waals surface area contributed by atoms with Crippen molar-refractivity contribution in [2.24, 2.45) is 0 Å². The maximum Gasteiger partial charge on any atom is 0.336 e. The van der Waals surface area contributed by atoms with Crippen molar-refractivity contribution in [3.63, 3.8) is 0 Å². The molecule has 0 aliphatic carbocycles. The number of hydrogen-bond donors (Lipinski definition) is 1. The zero-order chi connectivity index (χ0) is 16.3. The fourth-order valence-electron chi connectivity index (χ4n) is 2.74. The third-order valence-corrected chi connectivity index (χ3v) is 4.14. The Balaban J connectivity index is 2.41. The fraction of sp³-hybridized carbons (Fsp3) is 0.444. The molecule has 0 aromatic heterocycles. The Morgan fingerprint density at radius 3 is 2.68 bits per heavy atom. The van der Waals surface area contributed by atoms with Crippen LogP contribution < -0.4 is 5.32 Å². The zero-order valence-corrected chi connectivity index (χ0v) is 13.6. The number of carbonyl (C=O) groups is 2. The Labute approximate surface area is 131 Å². The van der Waals surface area contributed by atoms with Crippen LogP contribution >= 0.6 is 0 Å². The first-order valence-electron chi connectivity index (χ1n) is 7.71. The average Bonchev–Trinajstić information content (AvgIpc) is 2.46. The molecule has 0 saturated heterocycles. The van der Waals surface area contributed by atoms with Gasteiger partial charge in [0.05, 0.1) is 11.7 Å². The summed E-state index contributed by atoms with van der Waals surface area (Å²) in [6, 6.07) is 7.86. The van der Waals surface area contributed by atoms with Crippen LogP contribution in [0.3, 0.4) is 0 Å². The molecule has 1 N–H and O–H groups in total. The van der Waals surface area contributed by atoms with Crippen LogP contribution in [-0.2, 0) is 14.3 Å². The quantitative estimate of drug-likeness (QED) is 0.869. The summed E-state index contributed by atoms with van der Waals surface area (Å²) in [5.74, 6) is -0.641. The first kappa shape index (κ1) is 16.3. The molecule has 0 spiro atoms. The minimum atomic E-state index is -0.333. The summed E-state index contributed by atoms with van der Waals surface area (Å²) in [7, 11) is 0.